The Hall–Kier alpha value is -0.250. The minimum atomic E-state index is -4.47. The summed E-state index contributed by atoms with van der Waals surface area (Å²) in [5.74, 6) is 3.50. The number of unbranched alkanes of at least 4 members (excludes halogenated alkanes) is 1. The molecule has 0 bridgehead atoms. The van der Waals surface area contributed by atoms with E-state index in [1.54, 1.807) is 0 Å². The molecule has 0 aromatic heterocycles. The maximum Gasteiger partial charge on any atom is 0.417 e. The van der Waals surface area contributed by atoms with Gasteiger partial charge in [0.05, 0.1) is 0 Å². The summed E-state index contributed by atoms with van der Waals surface area (Å²) in [5, 5.41) is 10.2. The van der Waals surface area contributed by atoms with Crippen LogP contribution in [0.1, 0.15) is 90.9 Å². The van der Waals surface area contributed by atoms with E-state index < -0.39 is 11.8 Å². The maximum atomic E-state index is 13.3. The van der Waals surface area contributed by atoms with Gasteiger partial charge in [0.2, 0.25) is 0 Å². The molecule has 1 nitrogen and oxygen atoms in total. The van der Waals surface area contributed by atoms with Crippen molar-refractivity contribution in [3.05, 3.63) is 0 Å². The fourth-order valence-electron chi connectivity index (χ4n) is 8.17. The largest absolute Gasteiger partial charge is 0.417 e. The van der Waals surface area contributed by atoms with Crippen LogP contribution in [0.15, 0.2) is 0 Å². The minimum Gasteiger partial charge on any atom is -0.380 e. The molecule has 4 aliphatic carbocycles. The number of hydrogen-bond acceptors (Lipinski definition) is 1. The standard InChI is InChI=1S/C23H37F3O/c1-3-4-5-16-7-9-20-19-8-6-15-14-22(27,23(24,25)26)13-11-17(15)18(19)10-12-21(16,20)2/h15-20,27H,3-14H2,1-2H3/t15-,16+,17+,18-,19-,20+,21-,22?/m1/s1. The molecule has 0 aromatic carbocycles. The predicted octanol–water partition coefficient (Wildman–Crippen LogP) is 6.74. The first kappa shape index (κ1) is 20.0. The molecule has 4 fully saturated rings. The lowest BCUT2D eigenvalue weighted by molar-refractivity contribution is -0.282. The van der Waals surface area contributed by atoms with Crippen molar-refractivity contribution in [2.24, 2.45) is 40.9 Å². The average Bonchev–Trinajstić information content (AvgIpc) is 2.95. The molecule has 0 aliphatic heterocycles. The number of aliphatic hydroxyl groups is 1. The lowest BCUT2D eigenvalue weighted by Gasteiger charge is -2.57. The lowest BCUT2D eigenvalue weighted by atomic mass is 9.49. The summed E-state index contributed by atoms with van der Waals surface area (Å²) in [4.78, 5) is 0. The number of rotatable bonds is 3. The van der Waals surface area contributed by atoms with Crippen LogP contribution < -0.4 is 0 Å². The molecule has 0 radical (unpaired) electrons. The number of fused-ring (bicyclic) bond motifs is 5. The highest BCUT2D eigenvalue weighted by Gasteiger charge is 2.61. The third-order valence-electron chi connectivity index (χ3n) is 9.64. The molecule has 4 saturated carbocycles. The van der Waals surface area contributed by atoms with Gasteiger partial charge < -0.3 is 5.11 Å². The first-order valence-corrected chi connectivity index (χ1v) is 11.5. The molecule has 1 unspecified atom stereocenters. The smallest absolute Gasteiger partial charge is 0.380 e. The molecule has 0 aromatic rings. The highest BCUT2D eigenvalue weighted by atomic mass is 19.4. The molecular weight excluding hydrogens is 349 g/mol. The molecule has 0 saturated heterocycles. The summed E-state index contributed by atoms with van der Waals surface area (Å²) in [5.41, 5.74) is -1.95. The molecule has 156 valence electrons. The van der Waals surface area contributed by atoms with E-state index in [1.165, 1.54) is 44.9 Å². The van der Waals surface area contributed by atoms with Crippen LogP contribution in [0.25, 0.3) is 0 Å². The van der Waals surface area contributed by atoms with E-state index >= 15 is 0 Å². The van der Waals surface area contributed by atoms with Gasteiger partial charge in [0.25, 0.3) is 0 Å². The van der Waals surface area contributed by atoms with Gasteiger partial charge in [-0.25, -0.2) is 0 Å². The molecular formula is C23H37F3O. The Balaban J connectivity index is 1.48. The van der Waals surface area contributed by atoms with Crippen LogP contribution in [0.4, 0.5) is 13.2 Å². The highest BCUT2D eigenvalue weighted by Crippen LogP contribution is 2.65. The van der Waals surface area contributed by atoms with Gasteiger partial charge in [-0.2, -0.15) is 13.2 Å². The summed E-state index contributed by atoms with van der Waals surface area (Å²) < 4.78 is 40.0. The first-order chi connectivity index (χ1) is 12.7. The van der Waals surface area contributed by atoms with Gasteiger partial charge in [-0.15, -0.1) is 0 Å². The van der Waals surface area contributed by atoms with Crippen LogP contribution in [0.5, 0.6) is 0 Å². The van der Waals surface area contributed by atoms with Crippen molar-refractivity contribution in [2.75, 3.05) is 0 Å². The topological polar surface area (TPSA) is 20.2 Å². The van der Waals surface area contributed by atoms with Crippen LogP contribution >= 0.6 is 0 Å². The summed E-state index contributed by atoms with van der Waals surface area (Å²) in [6.45, 7) is 4.81. The van der Waals surface area contributed by atoms with Gasteiger partial charge in [0, 0.05) is 0 Å². The zero-order chi connectivity index (χ0) is 19.4. The predicted molar refractivity (Wildman–Crippen MR) is 101 cm³/mol. The maximum absolute atomic E-state index is 13.3. The third-order valence-corrected chi connectivity index (χ3v) is 9.64. The van der Waals surface area contributed by atoms with Crippen molar-refractivity contribution in [2.45, 2.75) is 103 Å². The molecule has 4 aliphatic rings. The second-order valence-corrected chi connectivity index (χ2v) is 10.7. The Kier molecular flexibility index (Phi) is 5.13. The van der Waals surface area contributed by atoms with Crippen molar-refractivity contribution in [3.8, 4) is 0 Å². The molecule has 27 heavy (non-hydrogen) atoms. The second-order valence-electron chi connectivity index (χ2n) is 10.7. The molecule has 8 atom stereocenters. The van der Waals surface area contributed by atoms with E-state index in [0.29, 0.717) is 23.7 Å². The quantitative estimate of drug-likeness (QED) is 0.569. The molecule has 4 rings (SSSR count). The van der Waals surface area contributed by atoms with Crippen LogP contribution in [0, 0.1) is 40.9 Å². The Morgan fingerprint density at radius 1 is 0.926 bits per heavy atom. The van der Waals surface area contributed by atoms with Gasteiger partial charge in [-0.05, 0) is 105 Å². The fraction of sp³-hybridized carbons (Fsp3) is 1.00. The van der Waals surface area contributed by atoms with E-state index in [-0.39, 0.29) is 18.8 Å². The van der Waals surface area contributed by atoms with Crippen LogP contribution in [-0.2, 0) is 0 Å². The van der Waals surface area contributed by atoms with Crippen LogP contribution in [0.2, 0.25) is 0 Å². The molecule has 0 spiro atoms. The third kappa shape index (κ3) is 3.16. The van der Waals surface area contributed by atoms with Crippen molar-refractivity contribution >= 4 is 0 Å². The van der Waals surface area contributed by atoms with Gasteiger partial charge in [-0.1, -0.05) is 26.7 Å². The number of halogens is 3. The lowest BCUT2D eigenvalue weighted by Crippen LogP contribution is -2.55. The summed E-state index contributed by atoms with van der Waals surface area (Å²) in [6.07, 6.45) is 7.14. The Morgan fingerprint density at radius 2 is 1.67 bits per heavy atom. The van der Waals surface area contributed by atoms with Crippen LogP contribution in [0.3, 0.4) is 0 Å². The van der Waals surface area contributed by atoms with E-state index in [4.69, 9.17) is 0 Å². The molecule has 4 heteroatoms. The zero-order valence-corrected chi connectivity index (χ0v) is 17.0. The van der Waals surface area contributed by atoms with Crippen molar-refractivity contribution in [1.29, 1.82) is 0 Å². The normalized spacial score (nSPS) is 50.0. The highest BCUT2D eigenvalue weighted by molar-refractivity contribution is 5.07. The van der Waals surface area contributed by atoms with E-state index in [1.807, 2.05) is 0 Å². The second kappa shape index (κ2) is 6.92. The van der Waals surface area contributed by atoms with Crippen molar-refractivity contribution in [1.82, 2.24) is 0 Å². The Bertz CT molecular complexity index is 546. The summed E-state index contributed by atoms with van der Waals surface area (Å²) in [7, 11) is 0. The van der Waals surface area contributed by atoms with Crippen molar-refractivity contribution < 1.29 is 18.3 Å². The summed E-state index contributed by atoms with van der Waals surface area (Å²) in [6, 6.07) is 0. The molecule has 0 heterocycles. The molecule has 0 amide bonds. The van der Waals surface area contributed by atoms with E-state index in [9.17, 15) is 18.3 Å². The number of alkyl halides is 3. The Labute approximate surface area is 162 Å². The minimum absolute atomic E-state index is 0.0502. The monoisotopic (exact) mass is 386 g/mol. The zero-order valence-electron chi connectivity index (χ0n) is 17.0. The molecule has 1 N–H and O–H groups in total. The summed E-state index contributed by atoms with van der Waals surface area (Å²) >= 11 is 0. The van der Waals surface area contributed by atoms with Crippen LogP contribution in [-0.4, -0.2) is 16.9 Å². The van der Waals surface area contributed by atoms with Gasteiger partial charge in [0.1, 0.15) is 0 Å². The fourth-order valence-corrected chi connectivity index (χ4v) is 8.17. The van der Waals surface area contributed by atoms with Crippen molar-refractivity contribution in [3.63, 3.8) is 0 Å². The SMILES string of the molecule is CCCC[C@H]1CC[C@H]2[C@@H]3CC[C@@H]4CC(O)(C(F)(F)F)CC[C@@H]4[C@H]3CC[C@]12C. The van der Waals surface area contributed by atoms with Gasteiger partial charge in [-0.3, -0.25) is 0 Å². The Morgan fingerprint density at radius 3 is 2.37 bits per heavy atom. The first-order valence-electron chi connectivity index (χ1n) is 11.5. The van der Waals surface area contributed by atoms with Gasteiger partial charge >= 0.3 is 6.18 Å². The van der Waals surface area contributed by atoms with E-state index in [0.717, 1.165) is 30.6 Å². The van der Waals surface area contributed by atoms with Gasteiger partial charge in [0.15, 0.2) is 5.60 Å². The average molecular weight is 387 g/mol. The number of hydrogen-bond donors (Lipinski definition) is 1. The van der Waals surface area contributed by atoms with E-state index in [2.05, 4.69) is 13.8 Å².